The van der Waals surface area contributed by atoms with Gasteiger partial charge in [-0.1, -0.05) is 23.2 Å². The Balaban J connectivity index is 1.35. The average Bonchev–Trinajstić information content (AvgIpc) is 3.32. The number of aliphatic hydroxyl groups is 1. The molecule has 2 aromatic heterocycles. The van der Waals surface area contributed by atoms with Gasteiger partial charge in [-0.25, -0.2) is 0 Å². The van der Waals surface area contributed by atoms with E-state index in [4.69, 9.17) is 32.7 Å². The van der Waals surface area contributed by atoms with Gasteiger partial charge in [-0.15, -0.1) is 20.4 Å². The van der Waals surface area contributed by atoms with Crippen LogP contribution in [0.15, 0.2) is 28.7 Å². The third-order valence-corrected chi connectivity index (χ3v) is 6.77. The van der Waals surface area contributed by atoms with Crippen LogP contribution in [-0.2, 0) is 6.54 Å². The third-order valence-electron chi connectivity index (χ3n) is 6.17. The minimum atomic E-state index is 0.182. The van der Waals surface area contributed by atoms with Crippen molar-refractivity contribution in [1.29, 1.82) is 0 Å². The summed E-state index contributed by atoms with van der Waals surface area (Å²) in [6.07, 6.45) is 1.85. The van der Waals surface area contributed by atoms with Crippen LogP contribution in [0.3, 0.4) is 0 Å². The lowest BCUT2D eigenvalue weighted by molar-refractivity contribution is 0.158. The van der Waals surface area contributed by atoms with E-state index >= 15 is 0 Å². The highest BCUT2D eigenvalue weighted by molar-refractivity contribution is 6.33. The van der Waals surface area contributed by atoms with Crippen molar-refractivity contribution in [2.24, 2.45) is 0 Å². The number of benzene rings is 1. The summed E-state index contributed by atoms with van der Waals surface area (Å²) in [5, 5.41) is 31.0. The first-order valence-electron chi connectivity index (χ1n) is 11.1. The molecule has 0 aliphatic carbocycles. The molecule has 1 fully saturated rings. The standard InChI is InChI=1S/C22H25Cl2N7O2/c23-16-1-2-17(24)15(11-16)13-31-8-5-25-20-19(31)12-18(26-27-20)22-29-28-21(33-22)14-3-6-30(7-4-14)9-10-32/h1-2,11-12,14,32H,3-10,13H2,(H,25,27). The number of aromatic nitrogens is 4. The Labute approximate surface area is 201 Å². The maximum Gasteiger partial charge on any atom is 0.268 e. The third kappa shape index (κ3) is 4.91. The molecule has 0 atom stereocenters. The number of anilines is 2. The fourth-order valence-corrected chi connectivity index (χ4v) is 4.74. The number of rotatable bonds is 6. The normalized spacial score (nSPS) is 17.1. The molecule has 33 heavy (non-hydrogen) atoms. The van der Waals surface area contributed by atoms with Gasteiger partial charge in [0.05, 0.1) is 12.3 Å². The van der Waals surface area contributed by atoms with Gasteiger partial charge in [0.15, 0.2) is 11.5 Å². The number of fused-ring (bicyclic) bond motifs is 1. The molecule has 3 aromatic rings. The fraction of sp³-hybridized carbons (Fsp3) is 0.455. The average molecular weight is 490 g/mol. The Kier molecular flexibility index (Phi) is 6.64. The summed E-state index contributed by atoms with van der Waals surface area (Å²) in [4.78, 5) is 4.44. The van der Waals surface area contributed by atoms with Crippen LogP contribution in [-0.4, -0.2) is 69.7 Å². The molecule has 1 aromatic carbocycles. The number of piperidine rings is 1. The molecule has 0 saturated carbocycles. The molecule has 9 nitrogen and oxygen atoms in total. The van der Waals surface area contributed by atoms with Gasteiger partial charge in [0.1, 0.15) is 0 Å². The van der Waals surface area contributed by atoms with Crippen LogP contribution in [0.5, 0.6) is 0 Å². The molecule has 2 aliphatic heterocycles. The number of aliphatic hydroxyl groups excluding tert-OH is 1. The van der Waals surface area contributed by atoms with Crippen molar-refractivity contribution in [1.82, 2.24) is 25.3 Å². The molecule has 0 spiro atoms. The second-order valence-corrected chi connectivity index (χ2v) is 9.18. The van der Waals surface area contributed by atoms with Crippen LogP contribution >= 0.6 is 23.2 Å². The maximum atomic E-state index is 9.13. The molecule has 0 unspecified atom stereocenters. The molecule has 174 valence electrons. The lowest BCUT2D eigenvalue weighted by Gasteiger charge is -2.31. The fourth-order valence-electron chi connectivity index (χ4n) is 4.37. The van der Waals surface area contributed by atoms with E-state index < -0.39 is 0 Å². The monoisotopic (exact) mass is 489 g/mol. The van der Waals surface area contributed by atoms with E-state index in [1.54, 1.807) is 6.07 Å². The van der Waals surface area contributed by atoms with Crippen molar-refractivity contribution in [3.63, 3.8) is 0 Å². The van der Waals surface area contributed by atoms with E-state index in [1.165, 1.54) is 0 Å². The van der Waals surface area contributed by atoms with E-state index in [1.807, 2.05) is 18.2 Å². The summed E-state index contributed by atoms with van der Waals surface area (Å²) >= 11 is 12.6. The number of nitrogens with one attached hydrogen (secondary N) is 1. The summed E-state index contributed by atoms with van der Waals surface area (Å²) in [6.45, 7) is 4.84. The van der Waals surface area contributed by atoms with Crippen molar-refractivity contribution in [3.05, 3.63) is 45.8 Å². The minimum absolute atomic E-state index is 0.182. The van der Waals surface area contributed by atoms with Gasteiger partial charge in [-0.05, 0) is 55.8 Å². The predicted molar refractivity (Wildman–Crippen MR) is 127 cm³/mol. The van der Waals surface area contributed by atoms with E-state index in [2.05, 4.69) is 35.5 Å². The largest absolute Gasteiger partial charge is 0.419 e. The van der Waals surface area contributed by atoms with Gasteiger partial charge in [0, 0.05) is 42.1 Å². The Morgan fingerprint density at radius 2 is 1.91 bits per heavy atom. The van der Waals surface area contributed by atoms with Crippen LogP contribution in [0.4, 0.5) is 11.5 Å². The first kappa shape index (κ1) is 22.3. The first-order valence-corrected chi connectivity index (χ1v) is 11.8. The number of halogens is 2. The van der Waals surface area contributed by atoms with Gasteiger partial charge < -0.3 is 24.6 Å². The predicted octanol–water partition coefficient (Wildman–Crippen LogP) is 3.44. The zero-order chi connectivity index (χ0) is 22.8. The highest BCUT2D eigenvalue weighted by atomic mass is 35.5. The zero-order valence-corrected chi connectivity index (χ0v) is 19.6. The Bertz CT molecular complexity index is 1120. The Morgan fingerprint density at radius 3 is 2.73 bits per heavy atom. The van der Waals surface area contributed by atoms with Gasteiger partial charge in [-0.2, -0.15) is 0 Å². The topological polar surface area (TPSA) is 103 Å². The van der Waals surface area contributed by atoms with Crippen LogP contribution in [0.1, 0.15) is 30.2 Å². The highest BCUT2D eigenvalue weighted by Gasteiger charge is 2.26. The second-order valence-electron chi connectivity index (χ2n) is 8.33. The highest BCUT2D eigenvalue weighted by Crippen LogP contribution is 2.34. The molecule has 2 N–H and O–H groups in total. The van der Waals surface area contributed by atoms with Crippen molar-refractivity contribution in [3.8, 4) is 11.6 Å². The smallest absolute Gasteiger partial charge is 0.268 e. The quantitative estimate of drug-likeness (QED) is 0.538. The lowest BCUT2D eigenvalue weighted by Crippen LogP contribution is -2.35. The minimum Gasteiger partial charge on any atom is -0.419 e. The summed E-state index contributed by atoms with van der Waals surface area (Å²) in [5.74, 6) is 1.92. The number of hydrogen-bond donors (Lipinski definition) is 2. The molecule has 0 radical (unpaired) electrons. The molecular formula is C22H25Cl2N7O2. The zero-order valence-electron chi connectivity index (χ0n) is 18.0. The van der Waals surface area contributed by atoms with Crippen molar-refractivity contribution < 1.29 is 9.52 Å². The van der Waals surface area contributed by atoms with Gasteiger partial charge in [-0.3, -0.25) is 0 Å². The van der Waals surface area contributed by atoms with Crippen LogP contribution in [0.25, 0.3) is 11.6 Å². The Hall–Kier alpha value is -2.46. The van der Waals surface area contributed by atoms with Crippen molar-refractivity contribution in [2.45, 2.75) is 25.3 Å². The summed E-state index contributed by atoms with van der Waals surface area (Å²) < 4.78 is 6.01. The molecule has 0 bridgehead atoms. The van der Waals surface area contributed by atoms with Crippen molar-refractivity contribution >= 4 is 34.7 Å². The second kappa shape index (κ2) is 9.80. The lowest BCUT2D eigenvalue weighted by atomic mass is 9.97. The maximum absolute atomic E-state index is 9.13. The Morgan fingerprint density at radius 1 is 1.06 bits per heavy atom. The molecule has 11 heteroatoms. The molecule has 4 heterocycles. The summed E-state index contributed by atoms with van der Waals surface area (Å²) in [5.41, 5.74) is 2.39. The van der Waals surface area contributed by atoms with Crippen LogP contribution < -0.4 is 10.2 Å². The molecule has 1 saturated heterocycles. The number of likely N-dealkylation sites (tertiary alicyclic amines) is 1. The molecule has 0 amide bonds. The van der Waals surface area contributed by atoms with E-state index in [0.29, 0.717) is 46.4 Å². The number of β-amino-alcohol motifs (C(OH)–C–C–N with tert-alkyl or cyclic N) is 1. The van der Waals surface area contributed by atoms with Crippen LogP contribution in [0, 0.1) is 0 Å². The first-order chi connectivity index (χ1) is 16.1. The van der Waals surface area contributed by atoms with Crippen molar-refractivity contribution in [2.75, 3.05) is 49.5 Å². The number of hydrogen-bond acceptors (Lipinski definition) is 9. The van der Waals surface area contributed by atoms with Gasteiger partial charge in [0.25, 0.3) is 5.89 Å². The van der Waals surface area contributed by atoms with E-state index in [9.17, 15) is 0 Å². The number of nitrogens with zero attached hydrogens (tertiary/aromatic N) is 6. The van der Waals surface area contributed by atoms with E-state index in [-0.39, 0.29) is 12.5 Å². The van der Waals surface area contributed by atoms with Crippen LogP contribution in [0.2, 0.25) is 10.0 Å². The SMILES string of the molecule is OCCN1CCC(c2nnc(-c3cc4c(nn3)NCCN4Cc3cc(Cl)ccc3Cl)o2)CC1. The molecule has 5 rings (SSSR count). The summed E-state index contributed by atoms with van der Waals surface area (Å²) in [7, 11) is 0. The summed E-state index contributed by atoms with van der Waals surface area (Å²) in [6, 6.07) is 7.41. The van der Waals surface area contributed by atoms with E-state index in [0.717, 1.165) is 50.3 Å². The van der Waals surface area contributed by atoms with Gasteiger partial charge in [0.2, 0.25) is 5.89 Å². The van der Waals surface area contributed by atoms with Gasteiger partial charge >= 0.3 is 0 Å². The molecular weight excluding hydrogens is 465 g/mol. The molecule has 2 aliphatic rings.